The molecule has 116 valence electrons. The number of hydrogen-bond acceptors (Lipinski definition) is 6. The summed E-state index contributed by atoms with van der Waals surface area (Å²) >= 11 is 0. The van der Waals surface area contributed by atoms with E-state index in [0.29, 0.717) is 5.95 Å². The highest BCUT2D eigenvalue weighted by Crippen LogP contribution is 2.39. The van der Waals surface area contributed by atoms with Crippen molar-refractivity contribution in [2.45, 2.75) is 33.1 Å². The molecule has 3 rings (SSSR count). The first kappa shape index (κ1) is 14.4. The van der Waals surface area contributed by atoms with Crippen molar-refractivity contribution in [3.05, 3.63) is 0 Å². The molecule has 1 aliphatic carbocycles. The van der Waals surface area contributed by atoms with Crippen molar-refractivity contribution in [1.82, 2.24) is 15.0 Å². The van der Waals surface area contributed by atoms with Crippen LogP contribution in [0.25, 0.3) is 0 Å². The van der Waals surface area contributed by atoms with E-state index in [1.165, 1.54) is 19.3 Å². The van der Waals surface area contributed by atoms with Crippen LogP contribution in [0.1, 0.15) is 33.1 Å². The van der Waals surface area contributed by atoms with E-state index in [2.05, 4.69) is 38.9 Å². The second kappa shape index (κ2) is 6.03. The summed E-state index contributed by atoms with van der Waals surface area (Å²) in [7, 11) is 1.86. The van der Waals surface area contributed by atoms with Crippen LogP contribution in [0, 0.1) is 11.8 Å². The van der Waals surface area contributed by atoms with Gasteiger partial charge in [-0.1, -0.05) is 6.42 Å². The predicted molar refractivity (Wildman–Crippen MR) is 86.0 cm³/mol. The van der Waals surface area contributed by atoms with Gasteiger partial charge in [-0.3, -0.25) is 0 Å². The minimum atomic E-state index is 0.666. The van der Waals surface area contributed by atoms with E-state index in [9.17, 15) is 0 Å². The lowest BCUT2D eigenvalue weighted by molar-refractivity contribution is 0.494. The Hall–Kier alpha value is -1.59. The summed E-state index contributed by atoms with van der Waals surface area (Å²) < 4.78 is 0. The fourth-order valence-corrected chi connectivity index (χ4v) is 3.65. The van der Waals surface area contributed by atoms with Crippen molar-refractivity contribution in [3.8, 4) is 0 Å². The minimum absolute atomic E-state index is 0.666. The first-order valence-corrected chi connectivity index (χ1v) is 8.18. The maximum Gasteiger partial charge on any atom is 0.231 e. The first-order valence-electron chi connectivity index (χ1n) is 8.18. The van der Waals surface area contributed by atoms with Gasteiger partial charge in [-0.2, -0.15) is 15.0 Å². The van der Waals surface area contributed by atoms with Gasteiger partial charge in [0.1, 0.15) is 0 Å². The third-order valence-corrected chi connectivity index (χ3v) is 4.89. The van der Waals surface area contributed by atoms with E-state index >= 15 is 0 Å². The standard InChI is InChI=1S/C15H26N6/c1-4-20(5-2)14-17-13(16-3)18-15(19-14)21-9-11-7-6-8-12(11)10-21/h11-12H,4-10H2,1-3H3,(H,16,17,18,19). The quantitative estimate of drug-likeness (QED) is 0.895. The maximum atomic E-state index is 4.72. The van der Waals surface area contributed by atoms with Crippen LogP contribution in [0.3, 0.4) is 0 Å². The molecule has 0 radical (unpaired) electrons. The van der Waals surface area contributed by atoms with Crippen molar-refractivity contribution < 1.29 is 0 Å². The van der Waals surface area contributed by atoms with E-state index in [4.69, 9.17) is 4.98 Å². The summed E-state index contributed by atoms with van der Waals surface area (Å²) in [6, 6.07) is 0. The van der Waals surface area contributed by atoms with Crippen LogP contribution >= 0.6 is 0 Å². The highest BCUT2D eigenvalue weighted by molar-refractivity contribution is 5.45. The molecule has 1 saturated carbocycles. The van der Waals surface area contributed by atoms with E-state index in [1.807, 2.05) is 7.05 Å². The number of hydrogen-bond donors (Lipinski definition) is 1. The molecular weight excluding hydrogens is 264 g/mol. The number of rotatable bonds is 5. The molecule has 1 aromatic rings. The molecule has 2 heterocycles. The monoisotopic (exact) mass is 290 g/mol. The smallest absolute Gasteiger partial charge is 0.231 e. The third-order valence-electron chi connectivity index (χ3n) is 4.89. The summed E-state index contributed by atoms with van der Waals surface area (Å²) in [5.74, 6) is 3.98. The molecule has 6 heteroatoms. The first-order chi connectivity index (χ1) is 10.2. The second-order valence-corrected chi connectivity index (χ2v) is 6.04. The van der Waals surface area contributed by atoms with E-state index in [0.717, 1.165) is 49.9 Å². The van der Waals surface area contributed by atoms with Crippen molar-refractivity contribution in [2.24, 2.45) is 11.8 Å². The summed E-state index contributed by atoms with van der Waals surface area (Å²) in [4.78, 5) is 18.3. The van der Waals surface area contributed by atoms with Crippen molar-refractivity contribution in [3.63, 3.8) is 0 Å². The van der Waals surface area contributed by atoms with Crippen LogP contribution in [0.4, 0.5) is 17.8 Å². The molecule has 2 aliphatic rings. The summed E-state index contributed by atoms with van der Waals surface area (Å²) in [5.41, 5.74) is 0. The minimum Gasteiger partial charge on any atom is -0.357 e. The largest absolute Gasteiger partial charge is 0.357 e. The number of anilines is 3. The van der Waals surface area contributed by atoms with Crippen LogP contribution in [0.5, 0.6) is 0 Å². The summed E-state index contributed by atoms with van der Waals surface area (Å²) in [6.07, 6.45) is 4.13. The van der Waals surface area contributed by atoms with E-state index in [1.54, 1.807) is 0 Å². The molecule has 21 heavy (non-hydrogen) atoms. The van der Waals surface area contributed by atoms with Crippen molar-refractivity contribution >= 4 is 17.8 Å². The lowest BCUT2D eigenvalue weighted by atomic mass is 10.0. The molecule has 1 aliphatic heterocycles. The van der Waals surface area contributed by atoms with Crippen LogP contribution in [-0.2, 0) is 0 Å². The van der Waals surface area contributed by atoms with E-state index < -0.39 is 0 Å². The third kappa shape index (κ3) is 2.76. The highest BCUT2D eigenvalue weighted by Gasteiger charge is 2.37. The molecule has 0 spiro atoms. The zero-order valence-electron chi connectivity index (χ0n) is 13.3. The summed E-state index contributed by atoms with van der Waals surface area (Å²) in [6.45, 7) is 8.30. The van der Waals surface area contributed by atoms with Gasteiger partial charge in [0.05, 0.1) is 0 Å². The maximum absolute atomic E-state index is 4.72. The lowest BCUT2D eigenvalue weighted by Crippen LogP contribution is -2.28. The average molecular weight is 290 g/mol. The Morgan fingerprint density at radius 1 is 1.10 bits per heavy atom. The van der Waals surface area contributed by atoms with Crippen molar-refractivity contribution in [2.75, 3.05) is 48.3 Å². The zero-order valence-corrected chi connectivity index (χ0v) is 13.3. The molecule has 2 atom stereocenters. The van der Waals surface area contributed by atoms with Crippen LogP contribution in [0.15, 0.2) is 0 Å². The number of aromatic nitrogens is 3. The molecule has 0 bridgehead atoms. The summed E-state index contributed by atoms with van der Waals surface area (Å²) in [5, 5.41) is 3.07. The average Bonchev–Trinajstić information content (AvgIpc) is 3.09. The molecule has 2 fully saturated rings. The van der Waals surface area contributed by atoms with Gasteiger partial charge in [0.2, 0.25) is 17.8 Å². The molecule has 1 N–H and O–H groups in total. The fourth-order valence-electron chi connectivity index (χ4n) is 3.65. The molecule has 0 aromatic carbocycles. The zero-order chi connectivity index (χ0) is 14.8. The predicted octanol–water partition coefficient (Wildman–Crippen LogP) is 2.00. The molecule has 0 amide bonds. The number of nitrogens with one attached hydrogen (secondary N) is 1. The van der Waals surface area contributed by atoms with Crippen LogP contribution in [0.2, 0.25) is 0 Å². The Morgan fingerprint density at radius 3 is 2.33 bits per heavy atom. The number of nitrogens with zero attached hydrogens (tertiary/aromatic N) is 5. The molecule has 1 saturated heterocycles. The van der Waals surface area contributed by atoms with Crippen LogP contribution < -0.4 is 15.1 Å². The highest BCUT2D eigenvalue weighted by atomic mass is 15.4. The van der Waals surface area contributed by atoms with Gasteiger partial charge in [0.25, 0.3) is 0 Å². The van der Waals surface area contributed by atoms with Gasteiger partial charge in [-0.15, -0.1) is 0 Å². The molecular formula is C15H26N6. The van der Waals surface area contributed by atoms with Gasteiger partial charge < -0.3 is 15.1 Å². The number of fused-ring (bicyclic) bond motifs is 1. The normalized spacial score (nSPS) is 24.2. The van der Waals surface area contributed by atoms with Gasteiger partial charge in [0, 0.05) is 33.2 Å². The lowest BCUT2D eigenvalue weighted by Gasteiger charge is -2.22. The van der Waals surface area contributed by atoms with Gasteiger partial charge in [-0.05, 0) is 38.5 Å². The SMILES string of the molecule is CCN(CC)c1nc(NC)nc(N2CC3CCCC3C2)n1. The second-order valence-electron chi connectivity index (χ2n) is 6.04. The van der Waals surface area contributed by atoms with Gasteiger partial charge in [-0.25, -0.2) is 0 Å². The fraction of sp³-hybridized carbons (Fsp3) is 0.800. The Kier molecular flexibility index (Phi) is 4.12. The van der Waals surface area contributed by atoms with Gasteiger partial charge >= 0.3 is 0 Å². The Labute approximate surface area is 127 Å². The van der Waals surface area contributed by atoms with E-state index in [-0.39, 0.29) is 0 Å². The van der Waals surface area contributed by atoms with Crippen molar-refractivity contribution in [1.29, 1.82) is 0 Å². The van der Waals surface area contributed by atoms with Crippen LogP contribution in [-0.4, -0.2) is 48.2 Å². The molecule has 2 unspecified atom stereocenters. The molecule has 6 nitrogen and oxygen atoms in total. The Balaban J connectivity index is 1.86. The molecule has 1 aromatic heterocycles. The van der Waals surface area contributed by atoms with Gasteiger partial charge in [0.15, 0.2) is 0 Å². The Morgan fingerprint density at radius 2 is 1.76 bits per heavy atom. The topological polar surface area (TPSA) is 57.2 Å². The Bertz CT molecular complexity index is 475.